The Bertz CT molecular complexity index is 610. The van der Waals surface area contributed by atoms with E-state index in [0.717, 1.165) is 0 Å². The zero-order valence-corrected chi connectivity index (χ0v) is 10.9. The summed E-state index contributed by atoms with van der Waals surface area (Å²) in [6.45, 7) is 1.82. The topological polar surface area (TPSA) is 68.0 Å². The lowest BCUT2D eigenvalue weighted by atomic mass is 10.2. The number of aromatic carboxylic acids is 1. The molecule has 0 unspecified atom stereocenters. The average Bonchev–Trinajstić information content (AvgIpc) is 2.76. The van der Waals surface area contributed by atoms with Crippen molar-refractivity contribution < 1.29 is 9.90 Å². The standard InChI is InChI=1S/C11H9Cl2N3O2/c1-2-7-10(11(17)18)14-15-16(7)8-5-3-4-6(12)9(8)13/h3-5H,2H2,1H3,(H,17,18). The van der Waals surface area contributed by atoms with Crippen molar-refractivity contribution >= 4 is 29.2 Å². The summed E-state index contributed by atoms with van der Waals surface area (Å²) in [5.41, 5.74) is 0.918. The first-order chi connectivity index (χ1) is 8.56. The maximum Gasteiger partial charge on any atom is 0.358 e. The average molecular weight is 286 g/mol. The molecule has 0 spiro atoms. The molecule has 0 saturated heterocycles. The summed E-state index contributed by atoms with van der Waals surface area (Å²) in [5, 5.41) is 17.2. The van der Waals surface area contributed by atoms with E-state index in [2.05, 4.69) is 10.3 Å². The highest BCUT2D eigenvalue weighted by molar-refractivity contribution is 6.43. The summed E-state index contributed by atoms with van der Waals surface area (Å²) >= 11 is 12.0. The minimum atomic E-state index is -1.11. The SMILES string of the molecule is CCc1c(C(=O)O)nnn1-c1cccc(Cl)c1Cl. The van der Waals surface area contributed by atoms with E-state index in [-0.39, 0.29) is 5.69 Å². The van der Waals surface area contributed by atoms with Gasteiger partial charge in [-0.25, -0.2) is 9.48 Å². The summed E-state index contributed by atoms with van der Waals surface area (Å²) in [4.78, 5) is 11.0. The zero-order valence-electron chi connectivity index (χ0n) is 9.39. The monoisotopic (exact) mass is 285 g/mol. The summed E-state index contributed by atoms with van der Waals surface area (Å²) in [5.74, 6) is -1.11. The van der Waals surface area contributed by atoms with Crippen molar-refractivity contribution in [2.45, 2.75) is 13.3 Å². The highest BCUT2D eigenvalue weighted by Gasteiger charge is 2.20. The Morgan fingerprint density at radius 1 is 1.44 bits per heavy atom. The van der Waals surface area contributed by atoms with Gasteiger partial charge in [-0.2, -0.15) is 0 Å². The quantitative estimate of drug-likeness (QED) is 0.942. The van der Waals surface area contributed by atoms with Gasteiger partial charge < -0.3 is 5.11 Å². The van der Waals surface area contributed by atoms with Crippen molar-refractivity contribution in [2.75, 3.05) is 0 Å². The molecule has 7 heteroatoms. The summed E-state index contributed by atoms with van der Waals surface area (Å²) < 4.78 is 1.40. The number of hydrogen-bond acceptors (Lipinski definition) is 3. The van der Waals surface area contributed by atoms with Crippen LogP contribution in [0, 0.1) is 0 Å². The molecule has 0 saturated carbocycles. The Balaban J connectivity index is 2.65. The van der Waals surface area contributed by atoms with Gasteiger partial charge in [-0.05, 0) is 18.6 Å². The van der Waals surface area contributed by atoms with Gasteiger partial charge in [0.25, 0.3) is 0 Å². The van der Waals surface area contributed by atoms with Crippen molar-refractivity contribution in [3.05, 3.63) is 39.6 Å². The van der Waals surface area contributed by atoms with Crippen LogP contribution in [-0.4, -0.2) is 26.1 Å². The Hall–Kier alpha value is -1.59. The number of benzene rings is 1. The molecule has 5 nitrogen and oxygen atoms in total. The van der Waals surface area contributed by atoms with Crippen LogP contribution in [0.3, 0.4) is 0 Å². The lowest BCUT2D eigenvalue weighted by molar-refractivity contribution is 0.0689. The normalized spacial score (nSPS) is 10.6. The van der Waals surface area contributed by atoms with Gasteiger partial charge in [0.1, 0.15) is 0 Å². The van der Waals surface area contributed by atoms with Crippen LogP contribution in [0.25, 0.3) is 5.69 Å². The zero-order chi connectivity index (χ0) is 13.3. The van der Waals surface area contributed by atoms with E-state index >= 15 is 0 Å². The van der Waals surface area contributed by atoms with Crippen molar-refractivity contribution in [3.63, 3.8) is 0 Å². The molecule has 1 aromatic heterocycles. The molecule has 1 N–H and O–H groups in total. The minimum absolute atomic E-state index is 0.0754. The van der Waals surface area contributed by atoms with Gasteiger partial charge in [-0.3, -0.25) is 0 Å². The van der Waals surface area contributed by atoms with E-state index in [1.165, 1.54) is 4.68 Å². The molecule has 1 aromatic carbocycles. The second kappa shape index (κ2) is 4.96. The largest absolute Gasteiger partial charge is 0.476 e. The molecule has 94 valence electrons. The highest BCUT2D eigenvalue weighted by atomic mass is 35.5. The van der Waals surface area contributed by atoms with Gasteiger partial charge in [0.15, 0.2) is 5.69 Å². The van der Waals surface area contributed by atoms with E-state index < -0.39 is 5.97 Å². The summed E-state index contributed by atoms with van der Waals surface area (Å²) in [6.07, 6.45) is 0.470. The van der Waals surface area contributed by atoms with Crippen LogP contribution in [-0.2, 0) is 6.42 Å². The van der Waals surface area contributed by atoms with Gasteiger partial charge in [-0.15, -0.1) is 5.10 Å². The van der Waals surface area contributed by atoms with Crippen LogP contribution >= 0.6 is 23.2 Å². The number of halogens is 2. The molecule has 0 atom stereocenters. The smallest absolute Gasteiger partial charge is 0.358 e. The van der Waals surface area contributed by atoms with Crippen molar-refractivity contribution in [3.8, 4) is 5.69 Å². The van der Waals surface area contributed by atoms with Crippen LogP contribution in [0.2, 0.25) is 10.0 Å². The second-order valence-corrected chi connectivity index (χ2v) is 4.31. The Morgan fingerprint density at radius 3 is 2.78 bits per heavy atom. The molecule has 0 fully saturated rings. The van der Waals surface area contributed by atoms with Crippen molar-refractivity contribution in [1.82, 2.24) is 15.0 Å². The first-order valence-corrected chi connectivity index (χ1v) is 5.94. The fourth-order valence-electron chi connectivity index (χ4n) is 1.63. The molecular weight excluding hydrogens is 277 g/mol. The number of nitrogens with zero attached hydrogens (tertiary/aromatic N) is 3. The predicted molar refractivity (Wildman–Crippen MR) is 67.7 cm³/mol. The number of hydrogen-bond donors (Lipinski definition) is 1. The third-order valence-electron chi connectivity index (χ3n) is 2.46. The molecule has 0 radical (unpaired) electrons. The van der Waals surface area contributed by atoms with Crippen LogP contribution < -0.4 is 0 Å². The van der Waals surface area contributed by atoms with E-state index in [1.807, 2.05) is 6.92 Å². The van der Waals surface area contributed by atoms with E-state index in [4.69, 9.17) is 28.3 Å². The molecule has 0 aliphatic carbocycles. The van der Waals surface area contributed by atoms with Crippen LogP contribution in [0.15, 0.2) is 18.2 Å². The molecule has 18 heavy (non-hydrogen) atoms. The Labute approximate surface area is 113 Å². The van der Waals surface area contributed by atoms with Crippen LogP contribution in [0.5, 0.6) is 0 Å². The van der Waals surface area contributed by atoms with Gasteiger partial charge >= 0.3 is 5.97 Å². The minimum Gasteiger partial charge on any atom is -0.476 e. The number of aromatic nitrogens is 3. The molecular formula is C11H9Cl2N3O2. The van der Waals surface area contributed by atoms with E-state index in [9.17, 15) is 4.79 Å². The molecule has 2 aromatic rings. The number of carbonyl (C=O) groups is 1. The van der Waals surface area contributed by atoms with Gasteiger partial charge in [-0.1, -0.05) is 41.4 Å². The highest BCUT2D eigenvalue weighted by Crippen LogP contribution is 2.29. The molecule has 0 aliphatic rings. The van der Waals surface area contributed by atoms with E-state index in [1.54, 1.807) is 18.2 Å². The maximum atomic E-state index is 11.0. The predicted octanol–water partition coefficient (Wildman–Crippen LogP) is 2.83. The number of rotatable bonds is 3. The van der Waals surface area contributed by atoms with Crippen molar-refractivity contribution in [2.24, 2.45) is 0 Å². The Kier molecular flexibility index (Phi) is 3.54. The van der Waals surface area contributed by atoms with Crippen LogP contribution in [0.4, 0.5) is 0 Å². The molecule has 2 rings (SSSR count). The fourth-order valence-corrected chi connectivity index (χ4v) is 2.01. The number of carboxylic acids is 1. The van der Waals surface area contributed by atoms with Crippen molar-refractivity contribution in [1.29, 1.82) is 0 Å². The fraction of sp³-hybridized carbons (Fsp3) is 0.182. The molecule has 0 bridgehead atoms. The third-order valence-corrected chi connectivity index (χ3v) is 3.27. The van der Waals surface area contributed by atoms with Gasteiger partial charge in [0.2, 0.25) is 0 Å². The van der Waals surface area contributed by atoms with Crippen LogP contribution in [0.1, 0.15) is 23.1 Å². The second-order valence-electron chi connectivity index (χ2n) is 3.53. The number of carboxylic acid groups (broad SMARTS) is 1. The maximum absolute atomic E-state index is 11.0. The summed E-state index contributed by atoms with van der Waals surface area (Å²) in [6, 6.07) is 5.06. The van der Waals surface area contributed by atoms with Gasteiger partial charge in [0.05, 0.1) is 21.4 Å². The first kappa shape index (κ1) is 12.9. The van der Waals surface area contributed by atoms with E-state index in [0.29, 0.717) is 27.8 Å². The Morgan fingerprint density at radius 2 is 2.17 bits per heavy atom. The summed E-state index contributed by atoms with van der Waals surface area (Å²) in [7, 11) is 0. The molecule has 0 aliphatic heterocycles. The lowest BCUT2D eigenvalue weighted by Gasteiger charge is -2.07. The molecule has 1 heterocycles. The van der Waals surface area contributed by atoms with Gasteiger partial charge in [0, 0.05) is 0 Å². The third kappa shape index (κ3) is 2.07. The lowest BCUT2D eigenvalue weighted by Crippen LogP contribution is -2.06. The first-order valence-electron chi connectivity index (χ1n) is 5.18. The molecule has 0 amide bonds.